The molecule has 0 aromatic carbocycles. The van der Waals surface area contributed by atoms with Gasteiger partial charge in [-0.25, -0.2) is 0 Å². The molecule has 58 valence electrons. The van der Waals surface area contributed by atoms with Crippen molar-refractivity contribution >= 4 is 11.9 Å². The minimum atomic E-state index is 1.08. The first-order valence-electron chi connectivity index (χ1n) is 3.82. The molecule has 0 saturated heterocycles. The third-order valence-electron chi connectivity index (χ3n) is 1.24. The van der Waals surface area contributed by atoms with Gasteiger partial charge in [0, 0.05) is 11.9 Å². The van der Waals surface area contributed by atoms with Gasteiger partial charge >= 0.3 is 0 Å². The summed E-state index contributed by atoms with van der Waals surface area (Å²) in [6.07, 6.45) is 5.22. The van der Waals surface area contributed by atoms with Crippen molar-refractivity contribution in [3.05, 3.63) is 0 Å². The molecule has 0 rings (SSSR count). The van der Waals surface area contributed by atoms with Crippen LogP contribution in [0.3, 0.4) is 0 Å². The molecular formula is C8H16N2. The van der Waals surface area contributed by atoms with Crippen LogP contribution in [0.1, 0.15) is 40.0 Å². The van der Waals surface area contributed by atoms with E-state index in [0.717, 1.165) is 12.1 Å². The number of hydrogen-bond donors (Lipinski definition) is 0. The van der Waals surface area contributed by atoms with E-state index in [1.807, 2.05) is 13.8 Å². The summed E-state index contributed by atoms with van der Waals surface area (Å²) in [6.45, 7) is 6.07. The van der Waals surface area contributed by atoms with E-state index in [4.69, 9.17) is 0 Å². The van der Waals surface area contributed by atoms with Crippen LogP contribution in [0.25, 0.3) is 0 Å². The van der Waals surface area contributed by atoms with Gasteiger partial charge in [0.05, 0.1) is 0 Å². The lowest BCUT2D eigenvalue weighted by atomic mass is 10.2. The molecule has 0 unspecified atom stereocenters. The van der Waals surface area contributed by atoms with Gasteiger partial charge in [-0.15, -0.1) is 0 Å². The average Bonchev–Trinajstić information content (AvgIpc) is 1.97. The minimum Gasteiger partial charge on any atom is -0.164 e. The van der Waals surface area contributed by atoms with Crippen molar-refractivity contribution in [2.24, 2.45) is 10.2 Å². The molecule has 2 heteroatoms. The Hall–Kier alpha value is -0.660. The van der Waals surface area contributed by atoms with Gasteiger partial charge in [-0.1, -0.05) is 13.3 Å². The molecule has 0 atom stereocenters. The fourth-order valence-corrected chi connectivity index (χ4v) is 0.639. The Balaban J connectivity index is 3.49. The van der Waals surface area contributed by atoms with Crippen molar-refractivity contribution in [3.8, 4) is 0 Å². The molecule has 0 fully saturated rings. The van der Waals surface area contributed by atoms with E-state index < -0.39 is 0 Å². The van der Waals surface area contributed by atoms with E-state index in [9.17, 15) is 0 Å². The largest absolute Gasteiger partial charge is 0.164 e. The van der Waals surface area contributed by atoms with Gasteiger partial charge in [0.15, 0.2) is 0 Å². The van der Waals surface area contributed by atoms with Gasteiger partial charge in [0.2, 0.25) is 0 Å². The van der Waals surface area contributed by atoms with Gasteiger partial charge in [0.25, 0.3) is 0 Å². The standard InChI is InChI=1S/C8H16N2/c1-4-6-7-8(3)10-9-5-2/h5H,4,6-7H2,1-3H3/b9-5+,10-8+. The Labute approximate surface area is 63.1 Å². The molecule has 0 aliphatic carbocycles. The summed E-state index contributed by atoms with van der Waals surface area (Å²) < 4.78 is 0. The molecule has 10 heavy (non-hydrogen) atoms. The summed E-state index contributed by atoms with van der Waals surface area (Å²) in [7, 11) is 0. The molecule has 0 saturated carbocycles. The smallest absolute Gasteiger partial charge is 0.0374 e. The van der Waals surface area contributed by atoms with Crippen LogP contribution in [-0.4, -0.2) is 11.9 Å². The van der Waals surface area contributed by atoms with Crippen LogP contribution >= 0.6 is 0 Å². The lowest BCUT2D eigenvalue weighted by Crippen LogP contribution is -1.88. The Morgan fingerprint density at radius 2 is 2.20 bits per heavy atom. The molecular weight excluding hydrogens is 124 g/mol. The second-order valence-electron chi connectivity index (χ2n) is 2.31. The Morgan fingerprint density at radius 3 is 2.70 bits per heavy atom. The van der Waals surface area contributed by atoms with Crippen LogP contribution in [-0.2, 0) is 0 Å². The van der Waals surface area contributed by atoms with E-state index in [0.29, 0.717) is 0 Å². The van der Waals surface area contributed by atoms with E-state index in [1.165, 1.54) is 12.8 Å². The van der Waals surface area contributed by atoms with E-state index in [2.05, 4.69) is 17.1 Å². The highest BCUT2D eigenvalue weighted by Gasteiger charge is 1.87. The number of nitrogens with zero attached hydrogens (tertiary/aromatic N) is 2. The van der Waals surface area contributed by atoms with Crippen molar-refractivity contribution in [2.45, 2.75) is 40.0 Å². The van der Waals surface area contributed by atoms with Gasteiger partial charge in [-0.2, -0.15) is 10.2 Å². The lowest BCUT2D eigenvalue weighted by Gasteiger charge is -1.93. The van der Waals surface area contributed by atoms with Crippen molar-refractivity contribution in [1.29, 1.82) is 0 Å². The predicted molar refractivity (Wildman–Crippen MR) is 46.8 cm³/mol. The van der Waals surface area contributed by atoms with Crippen molar-refractivity contribution in [3.63, 3.8) is 0 Å². The molecule has 0 aliphatic heterocycles. The Kier molecular flexibility index (Phi) is 6.03. The van der Waals surface area contributed by atoms with Crippen molar-refractivity contribution < 1.29 is 0 Å². The monoisotopic (exact) mass is 140 g/mol. The highest BCUT2D eigenvalue weighted by molar-refractivity contribution is 5.82. The maximum atomic E-state index is 3.97. The fraction of sp³-hybridized carbons (Fsp3) is 0.750. The molecule has 0 aliphatic rings. The van der Waals surface area contributed by atoms with Gasteiger partial charge in [-0.3, -0.25) is 0 Å². The highest BCUT2D eigenvalue weighted by atomic mass is 15.2. The van der Waals surface area contributed by atoms with Crippen LogP contribution in [0.4, 0.5) is 0 Å². The third kappa shape index (κ3) is 5.48. The van der Waals surface area contributed by atoms with Crippen LogP contribution in [0.5, 0.6) is 0 Å². The number of rotatable bonds is 4. The maximum Gasteiger partial charge on any atom is 0.0374 e. The van der Waals surface area contributed by atoms with Crippen LogP contribution in [0, 0.1) is 0 Å². The number of hydrogen-bond acceptors (Lipinski definition) is 2. The summed E-state index contributed by atoms with van der Waals surface area (Å²) in [5, 5.41) is 7.75. The molecule has 0 aromatic rings. The molecule has 0 aromatic heterocycles. The third-order valence-corrected chi connectivity index (χ3v) is 1.24. The van der Waals surface area contributed by atoms with E-state index >= 15 is 0 Å². The number of unbranched alkanes of at least 4 members (excludes halogenated alkanes) is 1. The summed E-state index contributed by atoms with van der Waals surface area (Å²) >= 11 is 0. The zero-order valence-electron chi connectivity index (χ0n) is 7.09. The molecule has 0 bridgehead atoms. The molecule has 0 spiro atoms. The van der Waals surface area contributed by atoms with Crippen LogP contribution in [0.2, 0.25) is 0 Å². The second kappa shape index (κ2) is 6.46. The SMILES string of the molecule is C/C=N/N=C(\C)CCCC. The zero-order valence-corrected chi connectivity index (χ0v) is 7.09. The lowest BCUT2D eigenvalue weighted by molar-refractivity contribution is 0.830. The summed E-state index contributed by atoms with van der Waals surface area (Å²) in [4.78, 5) is 0. The quantitative estimate of drug-likeness (QED) is 0.423. The topological polar surface area (TPSA) is 24.7 Å². The van der Waals surface area contributed by atoms with E-state index in [-0.39, 0.29) is 0 Å². The van der Waals surface area contributed by atoms with Gasteiger partial charge in [0.1, 0.15) is 0 Å². The Morgan fingerprint density at radius 1 is 1.50 bits per heavy atom. The van der Waals surface area contributed by atoms with Gasteiger partial charge in [-0.05, 0) is 26.7 Å². The summed E-state index contributed by atoms with van der Waals surface area (Å²) in [5.74, 6) is 0. The predicted octanol–water partition coefficient (Wildman–Crippen LogP) is 2.64. The molecule has 0 N–H and O–H groups in total. The van der Waals surface area contributed by atoms with Crippen molar-refractivity contribution in [2.75, 3.05) is 0 Å². The fourth-order valence-electron chi connectivity index (χ4n) is 0.639. The van der Waals surface area contributed by atoms with Crippen molar-refractivity contribution in [1.82, 2.24) is 0 Å². The molecule has 0 radical (unpaired) electrons. The van der Waals surface area contributed by atoms with Crippen LogP contribution in [0.15, 0.2) is 10.2 Å². The second-order valence-corrected chi connectivity index (χ2v) is 2.31. The Bertz CT molecular complexity index is 125. The highest BCUT2D eigenvalue weighted by Crippen LogP contribution is 1.96. The minimum absolute atomic E-state index is 1.08. The summed E-state index contributed by atoms with van der Waals surface area (Å²) in [5.41, 5.74) is 1.12. The first-order valence-corrected chi connectivity index (χ1v) is 3.82. The van der Waals surface area contributed by atoms with Gasteiger partial charge < -0.3 is 0 Å². The first-order chi connectivity index (χ1) is 4.81. The maximum absolute atomic E-state index is 3.97. The normalized spacial score (nSPS) is 12.9. The molecule has 2 nitrogen and oxygen atoms in total. The van der Waals surface area contributed by atoms with E-state index in [1.54, 1.807) is 6.21 Å². The first kappa shape index (κ1) is 9.34. The average molecular weight is 140 g/mol. The summed E-state index contributed by atoms with van der Waals surface area (Å²) in [6, 6.07) is 0. The molecule has 0 heterocycles. The molecule has 0 amide bonds. The van der Waals surface area contributed by atoms with Crippen LogP contribution < -0.4 is 0 Å². The zero-order chi connectivity index (χ0) is 7.82.